The minimum absolute atomic E-state index is 0.0820. The number of thiazole rings is 1. The summed E-state index contributed by atoms with van der Waals surface area (Å²) in [5, 5.41) is 13.7. The van der Waals surface area contributed by atoms with E-state index in [1.54, 1.807) is 23.7 Å². The first kappa shape index (κ1) is 20.6. The van der Waals surface area contributed by atoms with E-state index >= 15 is 0 Å². The number of nitrogens with one attached hydrogen (secondary N) is 1. The van der Waals surface area contributed by atoms with Crippen molar-refractivity contribution in [1.29, 1.82) is 0 Å². The number of aromatic nitrogens is 5. The molecule has 0 radical (unpaired) electrons. The first-order valence-corrected chi connectivity index (χ1v) is 10.3. The van der Waals surface area contributed by atoms with Crippen LogP contribution in [0.1, 0.15) is 17.4 Å². The van der Waals surface area contributed by atoms with Crippen LogP contribution in [-0.4, -0.2) is 42.9 Å². The lowest BCUT2D eigenvalue weighted by atomic mass is 10.3. The number of amides is 1. The molecule has 0 saturated heterocycles. The normalized spacial score (nSPS) is 11.7. The van der Waals surface area contributed by atoms with Crippen molar-refractivity contribution < 1.29 is 14.3 Å². The van der Waals surface area contributed by atoms with Gasteiger partial charge in [0.05, 0.1) is 16.9 Å². The average Bonchev–Trinajstić information content (AvgIpc) is 3.46. The summed E-state index contributed by atoms with van der Waals surface area (Å²) in [5.74, 6) is -0.941. The van der Waals surface area contributed by atoms with Gasteiger partial charge in [0, 0.05) is 11.6 Å². The second-order valence-electron chi connectivity index (χ2n) is 6.29. The van der Waals surface area contributed by atoms with Crippen molar-refractivity contribution in [2.24, 2.45) is 0 Å². The van der Waals surface area contributed by atoms with Crippen LogP contribution in [0.2, 0.25) is 5.02 Å². The van der Waals surface area contributed by atoms with E-state index in [0.717, 1.165) is 5.69 Å². The highest BCUT2D eigenvalue weighted by Gasteiger charge is 2.22. The molecule has 3 heterocycles. The number of rotatable bonds is 6. The second-order valence-corrected chi connectivity index (χ2v) is 7.59. The molecule has 11 heteroatoms. The molecule has 1 N–H and O–H groups in total. The minimum Gasteiger partial charge on any atom is -0.448 e. The van der Waals surface area contributed by atoms with Gasteiger partial charge in [0.1, 0.15) is 16.5 Å². The van der Waals surface area contributed by atoms with E-state index < -0.39 is 18.0 Å². The molecule has 31 heavy (non-hydrogen) atoms. The van der Waals surface area contributed by atoms with Crippen molar-refractivity contribution in [1.82, 2.24) is 25.0 Å². The third-order valence-corrected chi connectivity index (χ3v) is 5.13. The van der Waals surface area contributed by atoms with Crippen molar-refractivity contribution in [3.05, 3.63) is 71.0 Å². The van der Waals surface area contributed by atoms with Crippen LogP contribution in [-0.2, 0) is 9.53 Å². The number of para-hydroxylation sites is 1. The molecule has 4 rings (SSSR count). The number of carbonyl (C=O) groups excluding carboxylic acids is 2. The summed E-state index contributed by atoms with van der Waals surface area (Å²) < 4.78 is 5.22. The fourth-order valence-electron chi connectivity index (χ4n) is 2.48. The zero-order chi connectivity index (χ0) is 21.8. The molecule has 0 aliphatic carbocycles. The summed E-state index contributed by atoms with van der Waals surface area (Å²) in [6.45, 7) is 1.46. The van der Waals surface area contributed by atoms with Crippen LogP contribution in [0.3, 0.4) is 0 Å². The number of hydrogen-bond donors (Lipinski definition) is 1. The molecule has 0 aliphatic heterocycles. The Labute approximate surface area is 185 Å². The SMILES string of the molecule is CC(OC(=O)c1csc(-c2cnn(-c3ccccc3)n2)n1)C(=O)Nc1ccc(Cl)cn1. The Balaban J connectivity index is 1.39. The highest BCUT2D eigenvalue weighted by molar-refractivity contribution is 7.13. The Morgan fingerprint density at radius 2 is 1.97 bits per heavy atom. The molecule has 0 bridgehead atoms. The lowest BCUT2D eigenvalue weighted by Gasteiger charge is -2.12. The molecule has 3 aromatic heterocycles. The smallest absolute Gasteiger partial charge is 0.358 e. The number of hydrogen-bond acceptors (Lipinski definition) is 8. The lowest BCUT2D eigenvalue weighted by molar-refractivity contribution is -0.123. The number of carbonyl (C=O) groups is 2. The highest BCUT2D eigenvalue weighted by Crippen LogP contribution is 2.22. The standard InChI is InChI=1S/C20H15ClN6O3S/c1-12(18(28)25-17-8-7-13(21)9-22-17)30-20(29)16-11-31-19(24-16)15-10-23-27(26-15)14-5-3-2-4-6-14/h2-12H,1H3,(H,22,25,28). The van der Waals surface area contributed by atoms with Crippen molar-refractivity contribution in [3.8, 4) is 16.4 Å². The van der Waals surface area contributed by atoms with Crippen molar-refractivity contribution in [2.75, 3.05) is 5.32 Å². The van der Waals surface area contributed by atoms with Crippen LogP contribution >= 0.6 is 22.9 Å². The number of pyridine rings is 1. The van der Waals surface area contributed by atoms with Gasteiger partial charge in [0.15, 0.2) is 11.8 Å². The van der Waals surface area contributed by atoms with E-state index in [9.17, 15) is 9.59 Å². The monoisotopic (exact) mass is 454 g/mol. The second kappa shape index (κ2) is 9.02. The molecule has 1 unspecified atom stereocenters. The third kappa shape index (κ3) is 4.93. The quantitative estimate of drug-likeness (QED) is 0.443. The first-order chi connectivity index (χ1) is 15.0. The van der Waals surface area contributed by atoms with Crippen LogP contribution in [0.15, 0.2) is 60.2 Å². The Morgan fingerprint density at radius 1 is 1.16 bits per heavy atom. The molecule has 0 saturated carbocycles. The summed E-state index contributed by atoms with van der Waals surface area (Å²) in [7, 11) is 0. The summed E-state index contributed by atoms with van der Waals surface area (Å²) in [6.07, 6.45) is 1.92. The largest absolute Gasteiger partial charge is 0.448 e. The Hall–Kier alpha value is -3.63. The first-order valence-electron chi connectivity index (χ1n) is 9.06. The van der Waals surface area contributed by atoms with Gasteiger partial charge in [0.25, 0.3) is 5.91 Å². The van der Waals surface area contributed by atoms with Crippen LogP contribution in [0.4, 0.5) is 5.82 Å². The Morgan fingerprint density at radius 3 is 2.71 bits per heavy atom. The Kier molecular flexibility index (Phi) is 6.01. The zero-order valence-electron chi connectivity index (χ0n) is 16.1. The molecule has 0 spiro atoms. The van der Waals surface area contributed by atoms with Gasteiger partial charge in [-0.05, 0) is 31.2 Å². The summed E-state index contributed by atoms with van der Waals surface area (Å²) in [6, 6.07) is 12.6. The Bertz CT molecular complexity index is 1210. The van der Waals surface area contributed by atoms with Gasteiger partial charge in [-0.2, -0.15) is 9.90 Å². The van der Waals surface area contributed by atoms with Gasteiger partial charge in [-0.25, -0.2) is 14.8 Å². The van der Waals surface area contributed by atoms with Gasteiger partial charge in [0.2, 0.25) is 0 Å². The van der Waals surface area contributed by atoms with Crippen LogP contribution in [0.5, 0.6) is 0 Å². The molecular weight excluding hydrogens is 440 g/mol. The maximum atomic E-state index is 12.4. The minimum atomic E-state index is -1.05. The van der Waals surface area contributed by atoms with E-state index in [1.807, 2.05) is 30.3 Å². The van der Waals surface area contributed by atoms with Gasteiger partial charge in [-0.1, -0.05) is 29.8 Å². The van der Waals surface area contributed by atoms with Crippen LogP contribution in [0, 0.1) is 0 Å². The number of esters is 1. The fraction of sp³-hybridized carbons (Fsp3) is 0.100. The molecule has 0 aliphatic rings. The summed E-state index contributed by atoms with van der Waals surface area (Å²) in [4.78, 5) is 34.3. The number of ether oxygens (including phenoxy) is 1. The molecule has 1 atom stereocenters. The van der Waals surface area contributed by atoms with Gasteiger partial charge in [-0.15, -0.1) is 16.4 Å². The molecule has 1 amide bonds. The van der Waals surface area contributed by atoms with Gasteiger partial charge in [-0.3, -0.25) is 4.79 Å². The fourth-order valence-corrected chi connectivity index (χ4v) is 3.33. The number of benzene rings is 1. The molecule has 0 fully saturated rings. The van der Waals surface area contributed by atoms with E-state index in [4.69, 9.17) is 16.3 Å². The van der Waals surface area contributed by atoms with Gasteiger partial charge >= 0.3 is 5.97 Å². The van der Waals surface area contributed by atoms with Crippen LogP contribution < -0.4 is 5.32 Å². The van der Waals surface area contributed by atoms with E-state index in [-0.39, 0.29) is 5.69 Å². The van der Waals surface area contributed by atoms with E-state index in [1.165, 1.54) is 29.3 Å². The van der Waals surface area contributed by atoms with Crippen molar-refractivity contribution in [2.45, 2.75) is 13.0 Å². The molecular formula is C20H15ClN6O3S. The van der Waals surface area contributed by atoms with E-state index in [0.29, 0.717) is 21.5 Å². The molecule has 9 nitrogen and oxygen atoms in total. The zero-order valence-corrected chi connectivity index (χ0v) is 17.7. The van der Waals surface area contributed by atoms with Crippen molar-refractivity contribution in [3.63, 3.8) is 0 Å². The molecule has 4 aromatic rings. The average molecular weight is 455 g/mol. The van der Waals surface area contributed by atoms with E-state index in [2.05, 4.69) is 25.5 Å². The predicted molar refractivity (Wildman–Crippen MR) is 115 cm³/mol. The van der Waals surface area contributed by atoms with Crippen LogP contribution in [0.25, 0.3) is 16.4 Å². The molecule has 156 valence electrons. The summed E-state index contributed by atoms with van der Waals surface area (Å²) >= 11 is 6.99. The van der Waals surface area contributed by atoms with Gasteiger partial charge < -0.3 is 10.1 Å². The maximum absolute atomic E-state index is 12.4. The number of nitrogens with zero attached hydrogens (tertiary/aromatic N) is 5. The lowest BCUT2D eigenvalue weighted by Crippen LogP contribution is -2.30. The third-order valence-electron chi connectivity index (χ3n) is 4.04. The number of anilines is 1. The topological polar surface area (TPSA) is 112 Å². The highest BCUT2D eigenvalue weighted by atomic mass is 35.5. The van der Waals surface area contributed by atoms with Crippen molar-refractivity contribution >= 4 is 40.6 Å². The predicted octanol–water partition coefficient (Wildman–Crippen LogP) is 3.62. The maximum Gasteiger partial charge on any atom is 0.358 e. The molecule has 1 aromatic carbocycles. The summed E-state index contributed by atoms with van der Waals surface area (Å²) in [5.41, 5.74) is 1.41. The number of halogens is 1.